The highest BCUT2D eigenvalue weighted by Crippen LogP contribution is 2.27. The SMILES string of the molecule is CCS[C@H](C)c1nc(-c2ccc(C)nn2)no1. The van der Waals surface area contributed by atoms with Gasteiger partial charge in [0.05, 0.1) is 10.9 Å². The fourth-order valence-corrected chi connectivity index (χ4v) is 2.08. The first-order chi connectivity index (χ1) is 8.20. The molecule has 0 spiro atoms. The minimum Gasteiger partial charge on any atom is -0.338 e. The van der Waals surface area contributed by atoms with E-state index >= 15 is 0 Å². The van der Waals surface area contributed by atoms with E-state index in [-0.39, 0.29) is 5.25 Å². The zero-order chi connectivity index (χ0) is 12.3. The largest absolute Gasteiger partial charge is 0.338 e. The fraction of sp³-hybridized carbons (Fsp3) is 0.455. The van der Waals surface area contributed by atoms with Gasteiger partial charge in [-0.1, -0.05) is 12.1 Å². The first kappa shape index (κ1) is 12.0. The molecule has 17 heavy (non-hydrogen) atoms. The normalized spacial score (nSPS) is 12.6. The number of hydrogen-bond acceptors (Lipinski definition) is 6. The van der Waals surface area contributed by atoms with Gasteiger partial charge in [-0.15, -0.1) is 16.9 Å². The topological polar surface area (TPSA) is 64.7 Å². The molecule has 2 aromatic heterocycles. The third kappa shape index (κ3) is 2.82. The van der Waals surface area contributed by atoms with E-state index in [9.17, 15) is 0 Å². The smallest absolute Gasteiger partial charge is 0.239 e. The summed E-state index contributed by atoms with van der Waals surface area (Å²) in [5, 5.41) is 12.1. The standard InChI is InChI=1S/C11H14N4OS/c1-4-17-8(3)11-12-10(15-16-11)9-6-5-7(2)13-14-9/h5-6,8H,4H2,1-3H3/t8-/m1/s1. The van der Waals surface area contributed by atoms with Gasteiger partial charge >= 0.3 is 0 Å². The molecule has 6 heteroatoms. The summed E-state index contributed by atoms with van der Waals surface area (Å²) < 4.78 is 5.21. The first-order valence-corrected chi connectivity index (χ1v) is 6.51. The molecule has 0 aromatic carbocycles. The van der Waals surface area contributed by atoms with Crippen LogP contribution in [0.2, 0.25) is 0 Å². The van der Waals surface area contributed by atoms with Crippen LogP contribution in [0.4, 0.5) is 0 Å². The molecule has 0 fully saturated rings. The van der Waals surface area contributed by atoms with E-state index < -0.39 is 0 Å². The van der Waals surface area contributed by atoms with Crippen molar-refractivity contribution >= 4 is 11.8 Å². The summed E-state index contributed by atoms with van der Waals surface area (Å²) in [6.07, 6.45) is 0. The Labute approximate surface area is 104 Å². The van der Waals surface area contributed by atoms with Crippen LogP contribution in [0.15, 0.2) is 16.7 Å². The van der Waals surface area contributed by atoms with Crippen LogP contribution in [-0.2, 0) is 0 Å². The van der Waals surface area contributed by atoms with Crippen molar-refractivity contribution in [3.8, 4) is 11.5 Å². The molecular weight excluding hydrogens is 236 g/mol. The van der Waals surface area contributed by atoms with E-state index in [1.165, 1.54) is 0 Å². The molecule has 0 saturated carbocycles. The van der Waals surface area contributed by atoms with Gasteiger partial charge in [0.1, 0.15) is 5.69 Å². The molecule has 0 aliphatic carbocycles. The lowest BCUT2D eigenvalue weighted by atomic mass is 10.3. The summed E-state index contributed by atoms with van der Waals surface area (Å²) in [6.45, 7) is 6.04. The van der Waals surface area contributed by atoms with Crippen LogP contribution >= 0.6 is 11.8 Å². The molecule has 0 amide bonds. The Hall–Kier alpha value is -1.43. The molecule has 90 valence electrons. The number of aryl methyl sites for hydroxylation is 1. The van der Waals surface area contributed by atoms with E-state index in [0.29, 0.717) is 17.4 Å². The van der Waals surface area contributed by atoms with Crippen molar-refractivity contribution in [1.29, 1.82) is 0 Å². The molecule has 0 N–H and O–H groups in total. The molecule has 0 unspecified atom stereocenters. The van der Waals surface area contributed by atoms with Crippen LogP contribution in [0.3, 0.4) is 0 Å². The number of aromatic nitrogens is 4. The third-order valence-corrected chi connectivity index (χ3v) is 3.27. The minimum absolute atomic E-state index is 0.208. The Morgan fingerprint density at radius 1 is 1.35 bits per heavy atom. The van der Waals surface area contributed by atoms with Crippen LogP contribution in [0.25, 0.3) is 11.5 Å². The molecule has 2 aromatic rings. The van der Waals surface area contributed by atoms with E-state index in [1.807, 2.05) is 26.0 Å². The molecule has 2 rings (SSSR count). The van der Waals surface area contributed by atoms with Crippen molar-refractivity contribution in [2.75, 3.05) is 5.75 Å². The molecular formula is C11H14N4OS. The van der Waals surface area contributed by atoms with Crippen LogP contribution in [-0.4, -0.2) is 26.1 Å². The quantitative estimate of drug-likeness (QED) is 0.831. The van der Waals surface area contributed by atoms with Crippen molar-refractivity contribution in [3.05, 3.63) is 23.7 Å². The Morgan fingerprint density at radius 3 is 2.82 bits per heavy atom. The maximum Gasteiger partial charge on any atom is 0.239 e. The first-order valence-electron chi connectivity index (χ1n) is 5.46. The third-order valence-electron chi connectivity index (χ3n) is 2.23. The predicted octanol–water partition coefficient (Wildman–Crippen LogP) is 2.65. The Balaban J connectivity index is 2.20. The Bertz CT molecular complexity index is 482. The maximum atomic E-state index is 5.21. The van der Waals surface area contributed by atoms with Crippen molar-refractivity contribution in [1.82, 2.24) is 20.3 Å². The van der Waals surface area contributed by atoms with Crippen molar-refractivity contribution in [2.45, 2.75) is 26.0 Å². The lowest BCUT2D eigenvalue weighted by Crippen LogP contribution is -1.92. The summed E-state index contributed by atoms with van der Waals surface area (Å²) in [7, 11) is 0. The van der Waals surface area contributed by atoms with E-state index in [2.05, 4.69) is 27.3 Å². The van der Waals surface area contributed by atoms with Gasteiger partial charge in [-0.25, -0.2) is 0 Å². The summed E-state index contributed by atoms with van der Waals surface area (Å²) in [5.74, 6) is 2.15. The van der Waals surface area contributed by atoms with Crippen molar-refractivity contribution < 1.29 is 4.52 Å². The molecule has 0 aliphatic heterocycles. The molecule has 0 saturated heterocycles. The lowest BCUT2D eigenvalue weighted by Gasteiger charge is -2.01. The maximum absolute atomic E-state index is 5.21. The van der Waals surface area contributed by atoms with Gasteiger partial charge in [0.2, 0.25) is 11.7 Å². The number of rotatable bonds is 4. The zero-order valence-corrected chi connectivity index (χ0v) is 10.9. The van der Waals surface area contributed by atoms with Crippen molar-refractivity contribution in [2.24, 2.45) is 0 Å². The van der Waals surface area contributed by atoms with Gasteiger partial charge in [-0.2, -0.15) is 10.1 Å². The highest BCUT2D eigenvalue weighted by Gasteiger charge is 2.15. The average molecular weight is 250 g/mol. The monoisotopic (exact) mass is 250 g/mol. The van der Waals surface area contributed by atoms with Gasteiger partial charge in [-0.3, -0.25) is 0 Å². The molecule has 5 nitrogen and oxygen atoms in total. The average Bonchev–Trinajstić information content (AvgIpc) is 2.80. The highest BCUT2D eigenvalue weighted by molar-refractivity contribution is 7.99. The molecule has 0 bridgehead atoms. The van der Waals surface area contributed by atoms with Gasteiger partial charge < -0.3 is 4.52 Å². The van der Waals surface area contributed by atoms with Gasteiger partial charge in [-0.05, 0) is 31.7 Å². The zero-order valence-electron chi connectivity index (χ0n) is 10.0. The van der Waals surface area contributed by atoms with E-state index in [1.54, 1.807) is 11.8 Å². The van der Waals surface area contributed by atoms with Gasteiger partial charge in [0.15, 0.2) is 0 Å². The molecule has 2 heterocycles. The van der Waals surface area contributed by atoms with Gasteiger partial charge in [0.25, 0.3) is 0 Å². The van der Waals surface area contributed by atoms with Crippen LogP contribution < -0.4 is 0 Å². The number of hydrogen-bond donors (Lipinski definition) is 0. The van der Waals surface area contributed by atoms with E-state index in [4.69, 9.17) is 4.52 Å². The van der Waals surface area contributed by atoms with E-state index in [0.717, 1.165) is 11.4 Å². The highest BCUT2D eigenvalue weighted by atomic mass is 32.2. The molecule has 1 atom stereocenters. The fourth-order valence-electron chi connectivity index (χ4n) is 1.34. The van der Waals surface area contributed by atoms with Crippen LogP contribution in [0, 0.1) is 6.92 Å². The Kier molecular flexibility index (Phi) is 3.73. The Morgan fingerprint density at radius 2 is 2.18 bits per heavy atom. The number of nitrogens with zero attached hydrogens (tertiary/aromatic N) is 4. The summed E-state index contributed by atoms with van der Waals surface area (Å²) in [6, 6.07) is 3.72. The molecule has 0 aliphatic rings. The van der Waals surface area contributed by atoms with Crippen LogP contribution in [0.5, 0.6) is 0 Å². The second kappa shape index (κ2) is 5.27. The predicted molar refractivity (Wildman–Crippen MR) is 66.6 cm³/mol. The minimum atomic E-state index is 0.208. The second-order valence-electron chi connectivity index (χ2n) is 3.61. The number of thioether (sulfide) groups is 1. The lowest BCUT2D eigenvalue weighted by molar-refractivity contribution is 0.380. The van der Waals surface area contributed by atoms with Gasteiger partial charge in [0, 0.05) is 0 Å². The summed E-state index contributed by atoms with van der Waals surface area (Å²) in [4.78, 5) is 4.33. The summed E-state index contributed by atoms with van der Waals surface area (Å²) >= 11 is 1.76. The van der Waals surface area contributed by atoms with Crippen molar-refractivity contribution in [3.63, 3.8) is 0 Å². The van der Waals surface area contributed by atoms with Crippen LogP contribution in [0.1, 0.15) is 30.7 Å². The summed E-state index contributed by atoms with van der Waals surface area (Å²) in [5.41, 5.74) is 1.51. The molecule has 0 radical (unpaired) electrons. The second-order valence-corrected chi connectivity index (χ2v) is 5.23.